The number of H-pyrrole nitrogens is 2. The number of benzene rings is 4. The summed E-state index contributed by atoms with van der Waals surface area (Å²) in [5, 5.41) is 20.1. The first-order valence-electron chi connectivity index (χ1n) is 15.9. The molecule has 49 heavy (non-hydrogen) atoms. The number of methoxy groups -OCH3 is 2. The van der Waals surface area contributed by atoms with Gasteiger partial charge in [-0.2, -0.15) is 0 Å². The van der Waals surface area contributed by atoms with Crippen LogP contribution in [0.2, 0.25) is 0 Å². The van der Waals surface area contributed by atoms with E-state index < -0.39 is 10.0 Å². The number of rotatable bonds is 11. The van der Waals surface area contributed by atoms with Gasteiger partial charge < -0.3 is 24.3 Å². The summed E-state index contributed by atoms with van der Waals surface area (Å²) in [6.07, 6.45) is 4.91. The van der Waals surface area contributed by atoms with Crippen LogP contribution in [-0.2, 0) is 23.0 Å². The minimum atomic E-state index is -3.83. The van der Waals surface area contributed by atoms with E-state index in [4.69, 9.17) is 20.3 Å². The molecular formula is C38H42N6O4S. The number of para-hydroxylation sites is 2. The van der Waals surface area contributed by atoms with Gasteiger partial charge in [-0.1, -0.05) is 54.1 Å². The van der Waals surface area contributed by atoms with Gasteiger partial charge in [-0.15, -0.1) is 0 Å². The van der Waals surface area contributed by atoms with Crippen molar-refractivity contribution in [2.45, 2.75) is 38.1 Å². The molecular weight excluding hydrogens is 637 g/mol. The average Bonchev–Trinajstić information content (AvgIpc) is 3.72. The normalized spacial score (nSPS) is 11.2. The van der Waals surface area contributed by atoms with Crippen LogP contribution in [0.15, 0.2) is 108 Å². The molecule has 0 radical (unpaired) electrons. The summed E-state index contributed by atoms with van der Waals surface area (Å²) in [6, 6.07) is 28.2. The van der Waals surface area contributed by atoms with Crippen molar-refractivity contribution in [1.82, 2.24) is 19.6 Å². The lowest BCUT2D eigenvalue weighted by Gasteiger charge is -2.27. The molecule has 0 unspecified atom stereocenters. The molecule has 0 aliphatic carbocycles. The third-order valence-electron chi connectivity index (χ3n) is 8.34. The average molecular weight is 679 g/mol. The minimum Gasteiger partial charge on any atom is -0.497 e. The molecule has 0 atom stereocenters. The molecule has 6 aromatic rings. The Kier molecular flexibility index (Phi) is 11.2. The van der Waals surface area contributed by atoms with Crippen molar-refractivity contribution < 1.29 is 17.9 Å². The Morgan fingerprint density at radius 1 is 0.776 bits per heavy atom. The largest absolute Gasteiger partial charge is 0.497 e. The summed E-state index contributed by atoms with van der Waals surface area (Å²) >= 11 is 0. The second-order valence-corrected chi connectivity index (χ2v) is 13.4. The third kappa shape index (κ3) is 8.56. The van der Waals surface area contributed by atoms with Crippen molar-refractivity contribution in [2.75, 3.05) is 20.8 Å². The molecule has 0 saturated heterocycles. The molecule has 2 heterocycles. The lowest BCUT2D eigenvalue weighted by atomic mass is 10.1. The highest BCUT2D eigenvalue weighted by Crippen LogP contribution is 2.27. The lowest BCUT2D eigenvalue weighted by molar-refractivity contribution is 0.387. The van der Waals surface area contributed by atoms with E-state index in [1.54, 1.807) is 38.5 Å². The first-order valence-corrected chi connectivity index (χ1v) is 17.3. The van der Waals surface area contributed by atoms with Crippen LogP contribution in [0.5, 0.6) is 11.5 Å². The van der Waals surface area contributed by atoms with E-state index in [2.05, 4.69) is 39.8 Å². The molecule has 4 aromatic carbocycles. The predicted molar refractivity (Wildman–Crippen MR) is 197 cm³/mol. The van der Waals surface area contributed by atoms with E-state index in [0.717, 1.165) is 27.6 Å². The fraction of sp³-hybridized carbons (Fsp3) is 0.211. The third-order valence-corrected chi connectivity index (χ3v) is 9.75. The summed E-state index contributed by atoms with van der Waals surface area (Å²) in [5.41, 5.74) is 6.32. The van der Waals surface area contributed by atoms with E-state index in [1.807, 2.05) is 55.7 Å². The van der Waals surface area contributed by atoms with Gasteiger partial charge in [0, 0.05) is 52.3 Å². The molecule has 0 fully saturated rings. The highest BCUT2D eigenvalue weighted by Gasteiger charge is 2.21. The van der Waals surface area contributed by atoms with Crippen LogP contribution < -0.4 is 14.2 Å². The van der Waals surface area contributed by atoms with Crippen molar-refractivity contribution in [2.24, 2.45) is 0 Å². The van der Waals surface area contributed by atoms with Gasteiger partial charge >= 0.3 is 0 Å². The molecule has 0 bridgehead atoms. The number of nitrogens with zero attached hydrogens (tertiary/aromatic N) is 1. The topological polar surface area (TPSA) is 147 Å². The maximum atomic E-state index is 12.9. The SMILES string of the molecule is COc1ccc(CN(C(=N)CCc2c[nH]c3ccccc23)C(=N)CNS(=O)(=O)c2ccc(C)cc2)c(OC)c1.Cc1c[nH]c2ccccc12. The van der Waals surface area contributed by atoms with Crippen LogP contribution in [-0.4, -0.2) is 55.7 Å². The molecule has 0 aliphatic heterocycles. The van der Waals surface area contributed by atoms with E-state index in [0.29, 0.717) is 24.3 Å². The first kappa shape index (κ1) is 34.9. The zero-order valence-corrected chi connectivity index (χ0v) is 28.9. The molecule has 5 N–H and O–H groups in total. The highest BCUT2D eigenvalue weighted by atomic mass is 32.2. The summed E-state index contributed by atoms with van der Waals surface area (Å²) < 4.78 is 39.1. The van der Waals surface area contributed by atoms with Gasteiger partial charge in [0.1, 0.15) is 23.2 Å². The fourth-order valence-electron chi connectivity index (χ4n) is 5.51. The number of aryl methyl sites for hydroxylation is 3. The fourth-order valence-corrected chi connectivity index (χ4v) is 6.50. The Morgan fingerprint density at radius 2 is 1.43 bits per heavy atom. The Hall–Kier alpha value is -5.39. The van der Waals surface area contributed by atoms with Gasteiger partial charge in [0.2, 0.25) is 10.0 Å². The zero-order chi connectivity index (χ0) is 35.0. The number of hydrogen-bond acceptors (Lipinski definition) is 6. The van der Waals surface area contributed by atoms with Gasteiger partial charge in [-0.05, 0) is 67.8 Å². The van der Waals surface area contributed by atoms with E-state index >= 15 is 0 Å². The Bertz CT molecular complexity index is 2170. The molecule has 254 valence electrons. The molecule has 10 nitrogen and oxygen atoms in total. The van der Waals surface area contributed by atoms with E-state index in [9.17, 15) is 8.42 Å². The van der Waals surface area contributed by atoms with Crippen LogP contribution in [0.1, 0.15) is 28.7 Å². The number of hydrogen-bond donors (Lipinski definition) is 5. The Morgan fingerprint density at radius 3 is 2.10 bits per heavy atom. The van der Waals surface area contributed by atoms with Crippen molar-refractivity contribution >= 4 is 43.5 Å². The van der Waals surface area contributed by atoms with Gasteiger partial charge in [-0.25, -0.2) is 13.1 Å². The van der Waals surface area contributed by atoms with E-state index in [1.165, 1.54) is 33.5 Å². The number of ether oxygens (including phenoxy) is 2. The van der Waals surface area contributed by atoms with Crippen LogP contribution in [0.4, 0.5) is 0 Å². The predicted octanol–water partition coefficient (Wildman–Crippen LogP) is 7.34. The number of aromatic amines is 2. The molecule has 2 aromatic heterocycles. The second-order valence-electron chi connectivity index (χ2n) is 11.7. The summed E-state index contributed by atoms with van der Waals surface area (Å²) in [4.78, 5) is 8.08. The van der Waals surface area contributed by atoms with Gasteiger partial charge in [-0.3, -0.25) is 10.8 Å². The minimum absolute atomic E-state index is 0.0486. The monoisotopic (exact) mass is 678 g/mol. The standard InChI is InChI=1S/C29H33N5O4S.C9H9N/c1-20-8-13-24(14-9-20)39(35,36)33-18-29(31)34(19-22-10-12-23(37-2)16-27(22)38-3)28(30)15-11-21-17-32-26-7-5-4-6-25(21)26;1-7-6-10-9-5-3-2-4-8(7)9/h4-10,12-14,16-17,30-33H,11,15,18-19H2,1-3H3;2-6,10H,1H3. The second kappa shape index (κ2) is 15.7. The molecule has 6 rings (SSSR count). The van der Waals surface area contributed by atoms with Crippen LogP contribution in [0.3, 0.4) is 0 Å². The van der Waals surface area contributed by atoms with Crippen molar-refractivity contribution in [1.29, 1.82) is 10.8 Å². The molecule has 0 spiro atoms. The smallest absolute Gasteiger partial charge is 0.240 e. The summed E-state index contributed by atoms with van der Waals surface area (Å²) in [7, 11) is -0.717. The zero-order valence-electron chi connectivity index (χ0n) is 28.1. The number of sulfonamides is 1. The van der Waals surface area contributed by atoms with Gasteiger partial charge in [0.25, 0.3) is 0 Å². The Labute approximate surface area is 287 Å². The van der Waals surface area contributed by atoms with Gasteiger partial charge in [0.05, 0.1) is 32.2 Å². The quantitative estimate of drug-likeness (QED) is 0.0719. The number of aromatic nitrogens is 2. The summed E-state index contributed by atoms with van der Waals surface area (Å²) in [5.74, 6) is 1.32. The number of nitrogens with one attached hydrogen (secondary N) is 5. The van der Waals surface area contributed by atoms with E-state index in [-0.39, 0.29) is 29.7 Å². The highest BCUT2D eigenvalue weighted by molar-refractivity contribution is 7.89. The van der Waals surface area contributed by atoms with Crippen LogP contribution >= 0.6 is 0 Å². The maximum Gasteiger partial charge on any atom is 0.240 e. The van der Waals surface area contributed by atoms with Crippen LogP contribution in [0.25, 0.3) is 21.8 Å². The molecule has 0 amide bonds. The van der Waals surface area contributed by atoms with Crippen molar-refractivity contribution in [3.63, 3.8) is 0 Å². The number of amidine groups is 2. The van der Waals surface area contributed by atoms with Gasteiger partial charge in [0.15, 0.2) is 0 Å². The summed E-state index contributed by atoms with van der Waals surface area (Å²) in [6.45, 7) is 3.88. The molecule has 0 saturated carbocycles. The van der Waals surface area contributed by atoms with Crippen LogP contribution in [0, 0.1) is 24.7 Å². The first-order chi connectivity index (χ1) is 23.6. The molecule has 0 aliphatic rings. The Balaban J connectivity index is 0.000000396. The maximum absolute atomic E-state index is 12.9. The number of fused-ring (bicyclic) bond motifs is 2. The van der Waals surface area contributed by atoms with Crippen molar-refractivity contribution in [3.8, 4) is 11.5 Å². The molecule has 11 heteroatoms. The van der Waals surface area contributed by atoms with Crippen molar-refractivity contribution in [3.05, 3.63) is 126 Å². The lowest BCUT2D eigenvalue weighted by Crippen LogP contribution is -2.42.